The Morgan fingerprint density at radius 3 is 1.64 bits per heavy atom. The molecule has 1 amide bonds. The maximum Gasteiger partial charge on any atom is 0.303 e. The quantitative estimate of drug-likeness (QED) is 0.463. The minimum atomic E-state index is -0.749. The number of aliphatic carboxylic acids is 1. The minimum absolute atomic E-state index is 0.196. The lowest BCUT2D eigenvalue weighted by Gasteiger charge is -2.32. The summed E-state index contributed by atoms with van der Waals surface area (Å²) in [6.45, 7) is 12.5. The van der Waals surface area contributed by atoms with Gasteiger partial charge in [0.25, 0.3) is 0 Å². The van der Waals surface area contributed by atoms with Gasteiger partial charge in [0.2, 0.25) is 5.91 Å². The average Bonchev–Trinajstić information content (AvgIpc) is 2.91. The predicted molar refractivity (Wildman–Crippen MR) is 166 cm³/mol. The standard InChI is InChI=1S/C15H21BrN2O.C10H11BrO2.C5H12N2/c1-12-11-13(3-5-14(12)16)4-6-15(19)18-9-7-17(2)8-10-18;1-7-6-8(2-4-9(7)11)3-5-10(12)13;1-7-4-2-6-3-5-7/h3,5,11H,4,6-10H2,1-2H3;2,4,6H,3,5H2,1H3,(H,12,13);6H,2-5H2,1H3. The van der Waals surface area contributed by atoms with Gasteiger partial charge in [-0.05, 0) is 75.2 Å². The molecule has 0 spiro atoms. The highest BCUT2D eigenvalue weighted by atomic mass is 79.9. The zero-order chi connectivity index (χ0) is 28.8. The molecule has 0 atom stereocenters. The summed E-state index contributed by atoms with van der Waals surface area (Å²) >= 11 is 6.89. The van der Waals surface area contributed by atoms with Crippen LogP contribution in [0.5, 0.6) is 0 Å². The van der Waals surface area contributed by atoms with E-state index in [2.05, 4.69) is 86.2 Å². The lowest BCUT2D eigenvalue weighted by atomic mass is 10.1. The van der Waals surface area contributed by atoms with E-state index in [-0.39, 0.29) is 12.3 Å². The first-order valence-electron chi connectivity index (χ1n) is 13.6. The molecular formula is C30H44Br2N4O3. The molecule has 2 fully saturated rings. The molecule has 39 heavy (non-hydrogen) atoms. The SMILES string of the molecule is CN1CCNCC1.Cc1cc(CCC(=O)N2CCN(C)CC2)ccc1Br.Cc1cc(CCC(=O)O)ccc1Br. The normalized spacial score (nSPS) is 16.0. The number of hydrogen-bond acceptors (Lipinski definition) is 5. The van der Waals surface area contributed by atoms with Crippen molar-refractivity contribution in [3.63, 3.8) is 0 Å². The number of benzene rings is 2. The van der Waals surface area contributed by atoms with E-state index in [1.165, 1.54) is 24.2 Å². The molecule has 2 aliphatic heterocycles. The molecule has 0 aliphatic carbocycles. The summed E-state index contributed by atoms with van der Waals surface area (Å²) in [6, 6.07) is 12.2. The Morgan fingerprint density at radius 1 is 0.769 bits per heavy atom. The number of rotatable bonds is 6. The zero-order valence-corrected chi connectivity index (χ0v) is 27.0. The molecule has 2 N–H and O–H groups in total. The van der Waals surface area contributed by atoms with Crippen LogP contribution in [0.3, 0.4) is 0 Å². The summed E-state index contributed by atoms with van der Waals surface area (Å²) in [5.74, 6) is -0.464. The van der Waals surface area contributed by atoms with Crippen molar-refractivity contribution in [1.29, 1.82) is 0 Å². The van der Waals surface area contributed by atoms with Gasteiger partial charge in [0, 0.05) is 74.1 Å². The second kappa shape index (κ2) is 17.8. The first-order chi connectivity index (χ1) is 18.5. The van der Waals surface area contributed by atoms with Crippen LogP contribution < -0.4 is 5.32 Å². The molecule has 9 heteroatoms. The fraction of sp³-hybridized carbons (Fsp3) is 0.533. The summed E-state index contributed by atoms with van der Waals surface area (Å²) in [6.07, 6.45) is 2.24. The van der Waals surface area contributed by atoms with E-state index in [0.717, 1.165) is 65.8 Å². The third-order valence-corrected chi connectivity index (χ3v) is 8.68. The number of carboxylic acids is 1. The first kappa shape index (κ1) is 33.4. The largest absolute Gasteiger partial charge is 0.481 e. The van der Waals surface area contributed by atoms with Crippen LogP contribution in [0.25, 0.3) is 0 Å². The van der Waals surface area contributed by atoms with Gasteiger partial charge in [-0.15, -0.1) is 0 Å². The molecule has 216 valence electrons. The van der Waals surface area contributed by atoms with Gasteiger partial charge in [-0.1, -0.05) is 56.1 Å². The Balaban J connectivity index is 0.000000229. The van der Waals surface area contributed by atoms with E-state index in [1.54, 1.807) is 0 Å². The lowest BCUT2D eigenvalue weighted by Crippen LogP contribution is -2.47. The first-order valence-corrected chi connectivity index (χ1v) is 15.2. The summed E-state index contributed by atoms with van der Waals surface area (Å²) in [4.78, 5) is 29.0. The Morgan fingerprint density at radius 2 is 1.23 bits per heavy atom. The monoisotopic (exact) mass is 666 g/mol. The van der Waals surface area contributed by atoms with Crippen LogP contribution in [-0.2, 0) is 22.4 Å². The number of hydrogen-bond donors (Lipinski definition) is 2. The number of carboxylic acid groups (broad SMARTS) is 1. The van der Waals surface area contributed by atoms with E-state index in [1.807, 2.05) is 30.0 Å². The molecule has 0 radical (unpaired) electrons. The summed E-state index contributed by atoms with van der Waals surface area (Å²) in [5, 5.41) is 11.8. The van der Waals surface area contributed by atoms with Crippen molar-refractivity contribution in [3.8, 4) is 0 Å². The van der Waals surface area contributed by atoms with Gasteiger partial charge < -0.3 is 25.1 Å². The molecule has 0 bridgehead atoms. The van der Waals surface area contributed by atoms with Crippen LogP contribution in [0.1, 0.15) is 35.1 Å². The van der Waals surface area contributed by atoms with Gasteiger partial charge in [0.05, 0.1) is 0 Å². The number of likely N-dealkylation sites (N-methyl/N-ethyl adjacent to an activating group) is 2. The average molecular weight is 669 g/mol. The Hall–Kier alpha value is -1.78. The fourth-order valence-corrected chi connectivity index (χ4v) is 4.71. The van der Waals surface area contributed by atoms with Crippen LogP contribution >= 0.6 is 31.9 Å². The number of nitrogens with zero attached hydrogens (tertiary/aromatic N) is 3. The number of nitrogens with one attached hydrogen (secondary N) is 1. The third-order valence-electron chi connectivity index (χ3n) is 6.90. The van der Waals surface area contributed by atoms with E-state index < -0.39 is 5.97 Å². The zero-order valence-electron chi connectivity index (χ0n) is 23.8. The van der Waals surface area contributed by atoms with Gasteiger partial charge in [0.1, 0.15) is 0 Å². The minimum Gasteiger partial charge on any atom is -0.481 e. The third kappa shape index (κ3) is 13.4. The Labute approximate surface area is 251 Å². The molecule has 2 aromatic rings. The number of amides is 1. The van der Waals surface area contributed by atoms with E-state index in [4.69, 9.17) is 5.11 Å². The highest BCUT2D eigenvalue weighted by Gasteiger charge is 2.18. The van der Waals surface area contributed by atoms with E-state index in [9.17, 15) is 9.59 Å². The topological polar surface area (TPSA) is 76.1 Å². The lowest BCUT2D eigenvalue weighted by molar-refractivity contribution is -0.137. The fourth-order valence-electron chi connectivity index (χ4n) is 4.22. The molecule has 2 aromatic carbocycles. The van der Waals surface area contributed by atoms with Gasteiger partial charge in [0.15, 0.2) is 0 Å². The summed E-state index contributed by atoms with van der Waals surface area (Å²) < 4.78 is 2.19. The van der Waals surface area contributed by atoms with Crippen molar-refractivity contribution in [1.82, 2.24) is 20.0 Å². The van der Waals surface area contributed by atoms with Crippen molar-refractivity contribution in [3.05, 3.63) is 67.6 Å². The molecule has 7 nitrogen and oxygen atoms in total. The van der Waals surface area contributed by atoms with Crippen molar-refractivity contribution < 1.29 is 14.7 Å². The highest BCUT2D eigenvalue weighted by molar-refractivity contribution is 9.10. The van der Waals surface area contributed by atoms with Gasteiger partial charge in [-0.25, -0.2) is 0 Å². The van der Waals surface area contributed by atoms with Crippen LogP contribution in [0.15, 0.2) is 45.3 Å². The molecule has 0 unspecified atom stereocenters. The van der Waals surface area contributed by atoms with Crippen molar-refractivity contribution in [2.45, 2.75) is 39.5 Å². The molecule has 0 saturated carbocycles. The number of halogens is 2. The van der Waals surface area contributed by atoms with Crippen molar-refractivity contribution in [2.75, 3.05) is 66.5 Å². The maximum absolute atomic E-state index is 12.1. The predicted octanol–water partition coefficient (Wildman–Crippen LogP) is 4.76. The molecule has 2 saturated heterocycles. The summed E-state index contributed by atoms with van der Waals surface area (Å²) in [5.41, 5.74) is 4.68. The molecule has 0 aromatic heterocycles. The van der Waals surface area contributed by atoms with E-state index >= 15 is 0 Å². The number of carbonyl (C=O) groups excluding carboxylic acids is 1. The molecule has 2 heterocycles. The van der Waals surface area contributed by atoms with Crippen LogP contribution in [0.2, 0.25) is 0 Å². The smallest absolute Gasteiger partial charge is 0.303 e. The van der Waals surface area contributed by atoms with Gasteiger partial charge >= 0.3 is 5.97 Å². The second-order valence-corrected chi connectivity index (χ2v) is 12.0. The Bertz CT molecular complexity index is 1050. The van der Waals surface area contributed by atoms with E-state index in [0.29, 0.717) is 12.8 Å². The number of piperazine rings is 2. The molecule has 4 rings (SSSR count). The van der Waals surface area contributed by atoms with Crippen LogP contribution in [-0.4, -0.2) is 98.1 Å². The van der Waals surface area contributed by atoms with Gasteiger partial charge in [-0.2, -0.15) is 0 Å². The van der Waals surface area contributed by atoms with Gasteiger partial charge in [-0.3, -0.25) is 9.59 Å². The van der Waals surface area contributed by atoms with Crippen LogP contribution in [0.4, 0.5) is 0 Å². The van der Waals surface area contributed by atoms with Crippen LogP contribution in [0, 0.1) is 13.8 Å². The molecular weight excluding hydrogens is 624 g/mol. The second-order valence-electron chi connectivity index (χ2n) is 10.3. The van der Waals surface area contributed by atoms with Crippen molar-refractivity contribution in [2.24, 2.45) is 0 Å². The number of aryl methyl sites for hydroxylation is 4. The highest BCUT2D eigenvalue weighted by Crippen LogP contribution is 2.19. The summed E-state index contributed by atoms with van der Waals surface area (Å²) in [7, 11) is 4.26. The Kier molecular flexibility index (Phi) is 15.3. The maximum atomic E-state index is 12.1. The molecule has 2 aliphatic rings. The van der Waals surface area contributed by atoms with Crippen molar-refractivity contribution >= 4 is 43.7 Å². The number of carbonyl (C=O) groups is 2.